The van der Waals surface area contributed by atoms with Gasteiger partial charge in [0.1, 0.15) is 6.04 Å². The van der Waals surface area contributed by atoms with E-state index in [4.69, 9.17) is 10.5 Å². The highest BCUT2D eigenvalue weighted by Crippen LogP contribution is 2.14. The van der Waals surface area contributed by atoms with Gasteiger partial charge in [0.2, 0.25) is 11.8 Å². The number of carbonyl (C=O) groups excluding carboxylic acids is 2. The quantitative estimate of drug-likeness (QED) is 0.800. The lowest BCUT2D eigenvalue weighted by Gasteiger charge is -2.26. The molecular formula is C16H26ClN3O3. The number of halogens is 1. The molecule has 0 aliphatic rings. The SMILES string of the molecule is COCCN(CC(=O)N(C)C)C(=O)C(N)c1ccc(C)cc1.Cl. The second kappa shape index (κ2) is 10.2. The lowest BCUT2D eigenvalue weighted by Crippen LogP contribution is -2.45. The summed E-state index contributed by atoms with van der Waals surface area (Å²) in [7, 11) is 4.86. The summed E-state index contributed by atoms with van der Waals surface area (Å²) in [5.41, 5.74) is 7.89. The van der Waals surface area contributed by atoms with Gasteiger partial charge < -0.3 is 20.3 Å². The molecule has 0 aliphatic carbocycles. The summed E-state index contributed by atoms with van der Waals surface area (Å²) in [6.45, 7) is 2.65. The van der Waals surface area contributed by atoms with E-state index in [1.54, 1.807) is 21.2 Å². The highest BCUT2D eigenvalue weighted by atomic mass is 35.5. The van der Waals surface area contributed by atoms with E-state index < -0.39 is 6.04 Å². The van der Waals surface area contributed by atoms with Crippen molar-refractivity contribution in [2.75, 3.05) is 40.9 Å². The zero-order valence-corrected chi connectivity index (χ0v) is 14.9. The predicted octanol–water partition coefficient (Wildman–Crippen LogP) is 0.980. The number of aryl methyl sites for hydroxylation is 1. The number of carbonyl (C=O) groups is 2. The minimum atomic E-state index is -0.785. The van der Waals surface area contributed by atoms with E-state index in [1.807, 2.05) is 31.2 Å². The van der Waals surface area contributed by atoms with Gasteiger partial charge in [-0.15, -0.1) is 12.4 Å². The van der Waals surface area contributed by atoms with E-state index in [0.717, 1.165) is 11.1 Å². The van der Waals surface area contributed by atoms with Crippen molar-refractivity contribution in [3.8, 4) is 0 Å². The summed E-state index contributed by atoms with van der Waals surface area (Å²) in [6, 6.07) is 6.70. The number of methoxy groups -OCH3 is 1. The van der Waals surface area contributed by atoms with Gasteiger partial charge in [0.25, 0.3) is 0 Å². The molecule has 0 spiro atoms. The van der Waals surface area contributed by atoms with Crippen LogP contribution in [0.4, 0.5) is 0 Å². The van der Waals surface area contributed by atoms with Crippen LogP contribution in [0.3, 0.4) is 0 Å². The van der Waals surface area contributed by atoms with Crippen molar-refractivity contribution in [2.45, 2.75) is 13.0 Å². The van der Waals surface area contributed by atoms with E-state index in [9.17, 15) is 9.59 Å². The Morgan fingerprint density at radius 1 is 1.22 bits per heavy atom. The summed E-state index contributed by atoms with van der Waals surface area (Å²) in [5, 5.41) is 0. The Morgan fingerprint density at radius 2 is 1.78 bits per heavy atom. The summed E-state index contributed by atoms with van der Waals surface area (Å²) >= 11 is 0. The molecule has 0 saturated carbocycles. The molecule has 0 fully saturated rings. The first kappa shape index (κ1) is 21.4. The van der Waals surface area contributed by atoms with Crippen molar-refractivity contribution >= 4 is 24.2 Å². The molecular weight excluding hydrogens is 318 g/mol. The largest absolute Gasteiger partial charge is 0.383 e. The minimum Gasteiger partial charge on any atom is -0.383 e. The zero-order valence-electron chi connectivity index (χ0n) is 14.1. The normalized spacial score (nSPS) is 11.3. The van der Waals surface area contributed by atoms with Crippen molar-refractivity contribution < 1.29 is 14.3 Å². The van der Waals surface area contributed by atoms with Crippen LogP contribution in [-0.4, -0.2) is 62.5 Å². The van der Waals surface area contributed by atoms with Gasteiger partial charge in [0.05, 0.1) is 13.2 Å². The van der Waals surface area contributed by atoms with Gasteiger partial charge in [-0.2, -0.15) is 0 Å². The van der Waals surface area contributed by atoms with Gasteiger partial charge in [0.15, 0.2) is 0 Å². The standard InChI is InChI=1S/C16H25N3O3.ClH/c1-12-5-7-13(8-6-12)15(17)16(21)19(9-10-22-4)11-14(20)18(2)3;/h5-8,15H,9-11,17H2,1-4H3;1H. The predicted molar refractivity (Wildman–Crippen MR) is 92.5 cm³/mol. The average Bonchev–Trinajstić information content (AvgIpc) is 2.50. The third-order valence-corrected chi connectivity index (χ3v) is 3.40. The number of likely N-dealkylation sites (N-methyl/N-ethyl adjacent to an activating group) is 1. The number of nitrogens with zero attached hydrogens (tertiary/aromatic N) is 2. The van der Waals surface area contributed by atoms with Crippen LogP contribution in [0.2, 0.25) is 0 Å². The molecule has 0 bridgehead atoms. The Kier molecular flexibility index (Phi) is 9.48. The number of ether oxygens (including phenoxy) is 1. The van der Waals surface area contributed by atoms with Crippen LogP contribution in [0.5, 0.6) is 0 Å². The molecule has 2 N–H and O–H groups in total. The van der Waals surface area contributed by atoms with Crippen molar-refractivity contribution in [1.82, 2.24) is 9.80 Å². The summed E-state index contributed by atoms with van der Waals surface area (Å²) in [5.74, 6) is -0.434. The summed E-state index contributed by atoms with van der Waals surface area (Å²) in [4.78, 5) is 27.3. The van der Waals surface area contributed by atoms with E-state index in [0.29, 0.717) is 13.2 Å². The second-order valence-electron chi connectivity index (χ2n) is 5.43. The van der Waals surface area contributed by atoms with Crippen molar-refractivity contribution in [3.63, 3.8) is 0 Å². The maximum Gasteiger partial charge on any atom is 0.244 e. The molecule has 6 nitrogen and oxygen atoms in total. The van der Waals surface area contributed by atoms with Gasteiger partial charge in [-0.05, 0) is 12.5 Å². The van der Waals surface area contributed by atoms with Crippen LogP contribution in [0.15, 0.2) is 24.3 Å². The van der Waals surface area contributed by atoms with Crippen LogP contribution < -0.4 is 5.73 Å². The van der Waals surface area contributed by atoms with E-state index in [-0.39, 0.29) is 30.8 Å². The fourth-order valence-corrected chi connectivity index (χ4v) is 1.89. The molecule has 0 aromatic heterocycles. The zero-order chi connectivity index (χ0) is 16.7. The number of hydrogen-bond donors (Lipinski definition) is 1. The highest BCUT2D eigenvalue weighted by molar-refractivity contribution is 5.88. The molecule has 23 heavy (non-hydrogen) atoms. The monoisotopic (exact) mass is 343 g/mol. The number of benzene rings is 1. The van der Waals surface area contributed by atoms with Crippen LogP contribution in [0.1, 0.15) is 17.2 Å². The smallest absolute Gasteiger partial charge is 0.244 e. The van der Waals surface area contributed by atoms with Gasteiger partial charge in [-0.1, -0.05) is 29.8 Å². The van der Waals surface area contributed by atoms with Crippen LogP contribution in [0.25, 0.3) is 0 Å². The first-order valence-electron chi connectivity index (χ1n) is 7.16. The first-order chi connectivity index (χ1) is 10.4. The fraction of sp³-hybridized carbons (Fsp3) is 0.500. The van der Waals surface area contributed by atoms with Gasteiger partial charge in [-0.3, -0.25) is 9.59 Å². The van der Waals surface area contributed by atoms with Gasteiger partial charge in [-0.25, -0.2) is 0 Å². The molecule has 7 heteroatoms. The second-order valence-corrected chi connectivity index (χ2v) is 5.43. The lowest BCUT2D eigenvalue weighted by atomic mass is 10.0. The molecule has 1 aromatic carbocycles. The molecule has 1 aromatic rings. The fourth-order valence-electron chi connectivity index (χ4n) is 1.89. The number of hydrogen-bond acceptors (Lipinski definition) is 4. The maximum absolute atomic E-state index is 12.6. The van der Waals surface area contributed by atoms with Crippen molar-refractivity contribution in [3.05, 3.63) is 35.4 Å². The molecule has 130 valence electrons. The lowest BCUT2D eigenvalue weighted by molar-refractivity contribution is -0.140. The van der Waals surface area contributed by atoms with Crippen LogP contribution >= 0.6 is 12.4 Å². The molecule has 0 heterocycles. The summed E-state index contributed by atoms with van der Waals surface area (Å²) in [6.07, 6.45) is 0. The van der Waals surface area contributed by atoms with E-state index >= 15 is 0 Å². The average molecular weight is 344 g/mol. The molecule has 2 amide bonds. The van der Waals surface area contributed by atoms with E-state index in [1.165, 1.54) is 9.80 Å². The summed E-state index contributed by atoms with van der Waals surface area (Å²) < 4.78 is 5.01. The maximum atomic E-state index is 12.6. The number of rotatable bonds is 7. The Hall–Kier alpha value is -1.63. The van der Waals surface area contributed by atoms with Crippen LogP contribution in [-0.2, 0) is 14.3 Å². The number of nitrogens with two attached hydrogens (primary N) is 1. The molecule has 1 atom stereocenters. The molecule has 1 rings (SSSR count). The Balaban J connectivity index is 0.00000484. The Bertz CT molecular complexity index is 506. The molecule has 0 radical (unpaired) electrons. The van der Waals surface area contributed by atoms with Gasteiger partial charge >= 0.3 is 0 Å². The van der Waals surface area contributed by atoms with Crippen molar-refractivity contribution in [2.24, 2.45) is 5.73 Å². The van der Waals surface area contributed by atoms with Gasteiger partial charge in [0, 0.05) is 27.7 Å². The highest BCUT2D eigenvalue weighted by Gasteiger charge is 2.24. The van der Waals surface area contributed by atoms with Crippen molar-refractivity contribution in [1.29, 1.82) is 0 Å². The topological polar surface area (TPSA) is 75.9 Å². The van der Waals surface area contributed by atoms with Crippen LogP contribution in [0, 0.1) is 6.92 Å². The number of amides is 2. The third-order valence-electron chi connectivity index (χ3n) is 3.40. The van der Waals surface area contributed by atoms with E-state index in [2.05, 4.69) is 0 Å². The molecule has 0 saturated heterocycles. The molecule has 1 unspecified atom stereocenters. The Morgan fingerprint density at radius 3 is 2.26 bits per heavy atom. The minimum absolute atomic E-state index is 0. The first-order valence-corrected chi connectivity index (χ1v) is 7.16. The Labute approximate surface area is 144 Å². The third kappa shape index (κ3) is 6.56. The molecule has 0 aliphatic heterocycles.